The van der Waals surface area contributed by atoms with Gasteiger partial charge in [-0.25, -0.2) is 0 Å². The normalized spacial score (nSPS) is 10.3. The Kier molecular flexibility index (Phi) is 3.29. The molecule has 3 heteroatoms. The van der Waals surface area contributed by atoms with Crippen LogP contribution in [0.5, 0.6) is 5.75 Å². The third-order valence-corrected chi connectivity index (χ3v) is 3.51. The van der Waals surface area contributed by atoms with E-state index < -0.39 is 0 Å². The summed E-state index contributed by atoms with van der Waals surface area (Å²) in [5, 5.41) is 1.90. The van der Waals surface area contributed by atoms with Crippen molar-refractivity contribution in [1.82, 2.24) is 0 Å². The third-order valence-electron chi connectivity index (χ3n) is 2.65. The van der Waals surface area contributed by atoms with E-state index in [1.807, 2.05) is 37.4 Å². The Hall–Kier alpha value is -1.61. The van der Waals surface area contributed by atoms with E-state index >= 15 is 0 Å². The number of ketones is 1. The van der Waals surface area contributed by atoms with E-state index in [0.717, 1.165) is 21.8 Å². The van der Waals surface area contributed by atoms with Gasteiger partial charge in [-0.2, -0.15) is 0 Å². The van der Waals surface area contributed by atoms with Gasteiger partial charge in [0, 0.05) is 21.4 Å². The Labute approximate surface area is 105 Å². The molecule has 0 aliphatic rings. The first-order chi connectivity index (χ1) is 8.11. The molecule has 0 unspecified atom stereocenters. The van der Waals surface area contributed by atoms with Crippen LogP contribution in [0.3, 0.4) is 0 Å². The number of hydrogen-bond donors (Lipinski definition) is 0. The highest BCUT2D eigenvalue weighted by atomic mass is 32.1. The lowest BCUT2D eigenvalue weighted by Crippen LogP contribution is -2.00. The molecule has 1 aromatic heterocycles. The Morgan fingerprint density at radius 1 is 1.18 bits per heavy atom. The number of rotatable bonds is 3. The second-order valence-electron chi connectivity index (χ2n) is 3.96. The first-order valence-corrected chi connectivity index (χ1v) is 6.24. The van der Waals surface area contributed by atoms with Gasteiger partial charge in [0.2, 0.25) is 0 Å². The highest BCUT2D eigenvalue weighted by Crippen LogP contribution is 2.22. The zero-order valence-corrected chi connectivity index (χ0v) is 10.9. The minimum atomic E-state index is 0.0695. The fourth-order valence-electron chi connectivity index (χ4n) is 1.75. The van der Waals surface area contributed by atoms with Gasteiger partial charge >= 0.3 is 0 Å². The van der Waals surface area contributed by atoms with Crippen LogP contribution in [0.15, 0.2) is 29.6 Å². The monoisotopic (exact) mass is 246 g/mol. The number of methoxy groups -OCH3 is 1. The Balaban J connectivity index is 2.35. The fourth-order valence-corrected chi connectivity index (χ4v) is 2.43. The van der Waals surface area contributed by atoms with Crippen LogP contribution in [0, 0.1) is 13.8 Å². The maximum Gasteiger partial charge on any atom is 0.193 e. The van der Waals surface area contributed by atoms with Gasteiger partial charge in [0.15, 0.2) is 5.78 Å². The minimum absolute atomic E-state index is 0.0695. The molecular formula is C14H14O2S. The maximum atomic E-state index is 12.2. The summed E-state index contributed by atoms with van der Waals surface area (Å²) >= 11 is 1.59. The fraction of sp³-hybridized carbons (Fsp3) is 0.214. The molecule has 2 rings (SSSR count). The predicted octanol–water partition coefficient (Wildman–Crippen LogP) is 3.60. The molecule has 2 aromatic rings. The molecule has 0 saturated heterocycles. The molecule has 2 nitrogen and oxygen atoms in total. The van der Waals surface area contributed by atoms with Crippen molar-refractivity contribution < 1.29 is 9.53 Å². The van der Waals surface area contributed by atoms with Crippen LogP contribution in [0.1, 0.15) is 26.4 Å². The summed E-state index contributed by atoms with van der Waals surface area (Å²) in [5.74, 6) is 0.878. The Bertz CT molecular complexity index is 555. The molecule has 0 saturated carbocycles. The summed E-state index contributed by atoms with van der Waals surface area (Å²) in [7, 11) is 1.63. The van der Waals surface area contributed by atoms with Crippen LogP contribution >= 0.6 is 11.3 Å². The molecule has 0 bridgehead atoms. The van der Waals surface area contributed by atoms with E-state index in [1.165, 1.54) is 0 Å². The molecule has 88 valence electrons. The quantitative estimate of drug-likeness (QED) is 0.773. The maximum absolute atomic E-state index is 12.2. The second-order valence-corrected chi connectivity index (χ2v) is 5.07. The molecule has 1 heterocycles. The molecular weight excluding hydrogens is 232 g/mol. The van der Waals surface area contributed by atoms with E-state index in [9.17, 15) is 4.79 Å². The summed E-state index contributed by atoms with van der Waals surface area (Å²) in [6.45, 7) is 3.94. The van der Waals surface area contributed by atoms with Gasteiger partial charge in [0.05, 0.1) is 7.11 Å². The van der Waals surface area contributed by atoms with E-state index in [1.54, 1.807) is 24.5 Å². The number of ether oxygens (including phenoxy) is 1. The van der Waals surface area contributed by atoms with Gasteiger partial charge < -0.3 is 4.74 Å². The minimum Gasteiger partial charge on any atom is -0.496 e. The summed E-state index contributed by atoms with van der Waals surface area (Å²) < 4.78 is 5.18. The summed E-state index contributed by atoms with van der Waals surface area (Å²) in [4.78, 5) is 13.3. The van der Waals surface area contributed by atoms with Gasteiger partial charge in [0.1, 0.15) is 5.75 Å². The standard InChI is InChI=1S/C14H14O2S/c1-9-6-11(4-5-13(9)16-3)14(15)12-7-10(2)17-8-12/h4-8H,1-3H3. The number of thiophene rings is 1. The van der Waals surface area contributed by atoms with Gasteiger partial charge in [-0.3, -0.25) is 4.79 Å². The number of carbonyl (C=O) groups excluding carboxylic acids is 1. The first-order valence-electron chi connectivity index (χ1n) is 5.36. The van der Waals surface area contributed by atoms with Crippen LogP contribution in [0.4, 0.5) is 0 Å². The summed E-state index contributed by atoms with van der Waals surface area (Å²) in [6, 6.07) is 7.43. The zero-order chi connectivity index (χ0) is 12.4. The highest BCUT2D eigenvalue weighted by molar-refractivity contribution is 7.10. The predicted molar refractivity (Wildman–Crippen MR) is 70.2 cm³/mol. The molecule has 1 aromatic carbocycles. The number of aryl methyl sites for hydroxylation is 2. The van der Waals surface area contributed by atoms with Crippen molar-refractivity contribution in [1.29, 1.82) is 0 Å². The average Bonchev–Trinajstić information content (AvgIpc) is 2.75. The molecule has 0 aliphatic heterocycles. The van der Waals surface area contributed by atoms with Crippen molar-refractivity contribution in [2.75, 3.05) is 7.11 Å². The van der Waals surface area contributed by atoms with Gasteiger partial charge in [-0.15, -0.1) is 11.3 Å². The molecule has 0 aliphatic carbocycles. The highest BCUT2D eigenvalue weighted by Gasteiger charge is 2.11. The number of hydrogen-bond acceptors (Lipinski definition) is 3. The van der Waals surface area contributed by atoms with Gasteiger partial charge in [-0.05, 0) is 43.7 Å². The number of carbonyl (C=O) groups is 1. The smallest absolute Gasteiger partial charge is 0.193 e. The second kappa shape index (κ2) is 4.72. The molecule has 17 heavy (non-hydrogen) atoms. The zero-order valence-electron chi connectivity index (χ0n) is 10.1. The Morgan fingerprint density at radius 2 is 1.94 bits per heavy atom. The molecule has 0 atom stereocenters. The van der Waals surface area contributed by atoms with E-state index in [2.05, 4.69) is 0 Å². The third kappa shape index (κ3) is 2.39. The lowest BCUT2D eigenvalue weighted by Gasteiger charge is -2.06. The topological polar surface area (TPSA) is 26.3 Å². The average molecular weight is 246 g/mol. The lowest BCUT2D eigenvalue weighted by molar-refractivity contribution is 0.103. The lowest BCUT2D eigenvalue weighted by atomic mass is 10.0. The van der Waals surface area contributed by atoms with Crippen LogP contribution in [0.25, 0.3) is 0 Å². The Morgan fingerprint density at radius 3 is 2.47 bits per heavy atom. The summed E-state index contributed by atoms with van der Waals surface area (Å²) in [5.41, 5.74) is 2.45. The van der Waals surface area contributed by atoms with Crippen LogP contribution in [0.2, 0.25) is 0 Å². The summed E-state index contributed by atoms with van der Waals surface area (Å²) in [6.07, 6.45) is 0. The van der Waals surface area contributed by atoms with Crippen molar-refractivity contribution >= 4 is 17.1 Å². The van der Waals surface area contributed by atoms with Crippen LogP contribution < -0.4 is 4.74 Å². The number of benzene rings is 1. The van der Waals surface area contributed by atoms with E-state index in [0.29, 0.717) is 5.56 Å². The molecule has 0 amide bonds. The SMILES string of the molecule is COc1ccc(C(=O)c2csc(C)c2)cc1C. The van der Waals surface area contributed by atoms with Crippen molar-refractivity contribution in [3.8, 4) is 5.75 Å². The van der Waals surface area contributed by atoms with Crippen LogP contribution in [-0.4, -0.2) is 12.9 Å². The molecule has 0 spiro atoms. The molecule has 0 fully saturated rings. The van der Waals surface area contributed by atoms with Crippen molar-refractivity contribution in [3.63, 3.8) is 0 Å². The van der Waals surface area contributed by atoms with Gasteiger partial charge in [-0.1, -0.05) is 0 Å². The van der Waals surface area contributed by atoms with Gasteiger partial charge in [0.25, 0.3) is 0 Å². The largest absolute Gasteiger partial charge is 0.496 e. The van der Waals surface area contributed by atoms with E-state index in [4.69, 9.17) is 4.74 Å². The van der Waals surface area contributed by atoms with Crippen LogP contribution in [-0.2, 0) is 0 Å². The van der Waals surface area contributed by atoms with Crippen molar-refractivity contribution in [2.45, 2.75) is 13.8 Å². The molecule has 0 radical (unpaired) electrons. The molecule has 0 N–H and O–H groups in total. The van der Waals surface area contributed by atoms with Crippen molar-refractivity contribution in [2.24, 2.45) is 0 Å². The van der Waals surface area contributed by atoms with E-state index in [-0.39, 0.29) is 5.78 Å². The first kappa shape index (κ1) is 11.9. The van der Waals surface area contributed by atoms with Crippen molar-refractivity contribution in [3.05, 3.63) is 51.2 Å².